The second-order valence-corrected chi connectivity index (χ2v) is 4.84. The van der Waals surface area contributed by atoms with Crippen molar-refractivity contribution < 1.29 is 0 Å². The van der Waals surface area contributed by atoms with Crippen LogP contribution >= 0.6 is 0 Å². The number of nitrogens with zero attached hydrogens (tertiary/aromatic N) is 4. The summed E-state index contributed by atoms with van der Waals surface area (Å²) in [4.78, 5) is 8.27. The van der Waals surface area contributed by atoms with Crippen LogP contribution in [0.25, 0.3) is 5.65 Å². The SMILES string of the molecule is Cc1cc2nc(N)nc(NC(C)(C)C)n2n1. The number of aryl methyl sites for hydroxylation is 1. The molecule has 0 unspecified atom stereocenters. The number of nitrogens with two attached hydrogens (primary N) is 1. The predicted molar refractivity (Wildman–Crippen MR) is 63.3 cm³/mol. The quantitative estimate of drug-likeness (QED) is 0.755. The number of hydrogen-bond acceptors (Lipinski definition) is 5. The molecule has 0 atom stereocenters. The van der Waals surface area contributed by atoms with Crippen LogP contribution in [0.15, 0.2) is 6.07 Å². The molecule has 86 valence electrons. The van der Waals surface area contributed by atoms with Gasteiger partial charge in [-0.2, -0.15) is 19.6 Å². The van der Waals surface area contributed by atoms with Gasteiger partial charge in [-0.3, -0.25) is 0 Å². The van der Waals surface area contributed by atoms with Gasteiger partial charge >= 0.3 is 0 Å². The second-order valence-electron chi connectivity index (χ2n) is 4.84. The van der Waals surface area contributed by atoms with Crippen LogP contribution in [0.2, 0.25) is 0 Å². The Bertz CT molecular complexity index is 522. The molecule has 0 bridgehead atoms. The number of hydrogen-bond donors (Lipinski definition) is 2. The minimum atomic E-state index is -0.104. The van der Waals surface area contributed by atoms with Gasteiger partial charge in [0.2, 0.25) is 11.9 Å². The molecule has 0 saturated carbocycles. The fraction of sp³-hybridized carbons (Fsp3) is 0.500. The van der Waals surface area contributed by atoms with Crippen molar-refractivity contribution in [1.29, 1.82) is 0 Å². The Balaban J connectivity index is 2.58. The molecule has 3 N–H and O–H groups in total. The van der Waals surface area contributed by atoms with E-state index < -0.39 is 0 Å². The van der Waals surface area contributed by atoms with E-state index in [9.17, 15) is 0 Å². The van der Waals surface area contributed by atoms with Gasteiger partial charge in [0.1, 0.15) is 0 Å². The Morgan fingerprint density at radius 2 is 2.00 bits per heavy atom. The lowest BCUT2D eigenvalue weighted by atomic mass is 10.1. The first kappa shape index (κ1) is 10.7. The Labute approximate surface area is 93.9 Å². The van der Waals surface area contributed by atoms with E-state index in [1.54, 1.807) is 4.52 Å². The van der Waals surface area contributed by atoms with E-state index in [0.717, 1.165) is 5.69 Å². The summed E-state index contributed by atoms with van der Waals surface area (Å²) in [6.45, 7) is 8.06. The first-order valence-corrected chi connectivity index (χ1v) is 5.13. The molecule has 0 aliphatic carbocycles. The summed E-state index contributed by atoms with van der Waals surface area (Å²) < 4.78 is 1.66. The zero-order valence-corrected chi connectivity index (χ0v) is 9.94. The zero-order chi connectivity index (χ0) is 11.9. The second kappa shape index (κ2) is 3.33. The van der Waals surface area contributed by atoms with Crippen LogP contribution in [-0.4, -0.2) is 25.1 Å². The average molecular weight is 220 g/mol. The van der Waals surface area contributed by atoms with Crippen molar-refractivity contribution >= 4 is 17.5 Å². The van der Waals surface area contributed by atoms with E-state index in [4.69, 9.17) is 5.73 Å². The van der Waals surface area contributed by atoms with E-state index in [1.165, 1.54) is 0 Å². The van der Waals surface area contributed by atoms with Crippen molar-refractivity contribution in [1.82, 2.24) is 19.6 Å². The number of rotatable bonds is 1. The van der Waals surface area contributed by atoms with E-state index in [0.29, 0.717) is 11.6 Å². The van der Waals surface area contributed by atoms with E-state index in [2.05, 4.69) is 20.4 Å². The lowest BCUT2D eigenvalue weighted by Gasteiger charge is -2.21. The molecule has 2 heterocycles. The summed E-state index contributed by atoms with van der Waals surface area (Å²) in [7, 11) is 0. The first-order valence-electron chi connectivity index (χ1n) is 5.13. The van der Waals surface area contributed by atoms with Crippen LogP contribution in [0.3, 0.4) is 0 Å². The molecule has 16 heavy (non-hydrogen) atoms. The summed E-state index contributed by atoms with van der Waals surface area (Å²) in [6.07, 6.45) is 0. The third-order valence-electron chi connectivity index (χ3n) is 1.95. The van der Waals surface area contributed by atoms with Crippen LogP contribution in [0.1, 0.15) is 26.5 Å². The van der Waals surface area contributed by atoms with E-state index in [-0.39, 0.29) is 11.5 Å². The van der Waals surface area contributed by atoms with Crippen LogP contribution in [-0.2, 0) is 0 Å². The van der Waals surface area contributed by atoms with E-state index >= 15 is 0 Å². The van der Waals surface area contributed by atoms with Crippen LogP contribution in [0.5, 0.6) is 0 Å². The van der Waals surface area contributed by atoms with Crippen molar-refractivity contribution in [3.05, 3.63) is 11.8 Å². The van der Waals surface area contributed by atoms with Gasteiger partial charge in [-0.05, 0) is 27.7 Å². The summed E-state index contributed by atoms with van der Waals surface area (Å²) in [5, 5.41) is 7.56. The zero-order valence-electron chi connectivity index (χ0n) is 9.94. The molecular weight excluding hydrogens is 204 g/mol. The van der Waals surface area contributed by atoms with Gasteiger partial charge in [0.05, 0.1) is 5.69 Å². The molecule has 0 fully saturated rings. The molecule has 2 aromatic heterocycles. The maximum atomic E-state index is 5.65. The maximum Gasteiger partial charge on any atom is 0.229 e. The third kappa shape index (κ3) is 2.05. The average Bonchev–Trinajstić information content (AvgIpc) is 2.42. The highest BCUT2D eigenvalue weighted by atomic mass is 15.4. The lowest BCUT2D eigenvalue weighted by Crippen LogP contribution is -2.28. The van der Waals surface area contributed by atoms with Gasteiger partial charge in [-0.1, -0.05) is 0 Å². The maximum absolute atomic E-state index is 5.65. The summed E-state index contributed by atoms with van der Waals surface area (Å²) in [6, 6.07) is 1.87. The van der Waals surface area contributed by atoms with E-state index in [1.807, 2.05) is 33.8 Å². The van der Waals surface area contributed by atoms with Gasteiger partial charge in [0, 0.05) is 11.6 Å². The van der Waals surface area contributed by atoms with Gasteiger partial charge in [0.25, 0.3) is 0 Å². The fourth-order valence-corrected chi connectivity index (χ4v) is 1.44. The highest BCUT2D eigenvalue weighted by Crippen LogP contribution is 2.15. The Hall–Kier alpha value is -1.85. The number of anilines is 2. The normalized spacial score (nSPS) is 12.0. The highest BCUT2D eigenvalue weighted by molar-refractivity contribution is 5.49. The molecule has 0 radical (unpaired) electrons. The van der Waals surface area contributed by atoms with Crippen LogP contribution in [0.4, 0.5) is 11.9 Å². The van der Waals surface area contributed by atoms with Crippen LogP contribution < -0.4 is 11.1 Å². The number of nitrogen functional groups attached to an aromatic ring is 1. The molecule has 2 aromatic rings. The highest BCUT2D eigenvalue weighted by Gasteiger charge is 2.15. The molecule has 0 amide bonds. The monoisotopic (exact) mass is 220 g/mol. The number of nitrogens with one attached hydrogen (secondary N) is 1. The third-order valence-corrected chi connectivity index (χ3v) is 1.95. The molecule has 0 aromatic carbocycles. The van der Waals surface area contributed by atoms with Crippen molar-refractivity contribution in [2.45, 2.75) is 33.2 Å². The minimum absolute atomic E-state index is 0.104. The van der Waals surface area contributed by atoms with Gasteiger partial charge < -0.3 is 11.1 Å². The standard InChI is InChI=1S/C10H16N6/c1-6-5-7-12-8(11)13-9(16(7)15-6)14-10(2,3)4/h5H,1-4H3,(H3,11,12,13,14). The van der Waals surface area contributed by atoms with Crippen molar-refractivity contribution in [3.8, 4) is 0 Å². The molecule has 0 saturated heterocycles. The smallest absolute Gasteiger partial charge is 0.229 e. The molecule has 0 aliphatic rings. The lowest BCUT2D eigenvalue weighted by molar-refractivity contribution is 0.619. The molecular formula is C10H16N6. The van der Waals surface area contributed by atoms with Gasteiger partial charge in [-0.15, -0.1) is 0 Å². The topological polar surface area (TPSA) is 81.1 Å². The van der Waals surface area contributed by atoms with Gasteiger partial charge in [0.15, 0.2) is 5.65 Å². The first-order chi connectivity index (χ1) is 7.35. The van der Waals surface area contributed by atoms with Crippen molar-refractivity contribution in [2.75, 3.05) is 11.1 Å². The Morgan fingerprint density at radius 1 is 1.31 bits per heavy atom. The largest absolute Gasteiger partial charge is 0.368 e. The summed E-state index contributed by atoms with van der Waals surface area (Å²) >= 11 is 0. The van der Waals surface area contributed by atoms with Gasteiger partial charge in [-0.25, -0.2) is 0 Å². The van der Waals surface area contributed by atoms with Crippen LogP contribution in [0, 0.1) is 6.92 Å². The fourth-order valence-electron chi connectivity index (χ4n) is 1.44. The summed E-state index contributed by atoms with van der Waals surface area (Å²) in [5.74, 6) is 0.863. The predicted octanol–water partition coefficient (Wildman–Crippen LogP) is 1.23. The Kier molecular flexibility index (Phi) is 2.22. The number of fused-ring (bicyclic) bond motifs is 1. The molecule has 2 rings (SSSR count). The number of aromatic nitrogens is 4. The molecule has 0 spiro atoms. The summed E-state index contributed by atoms with van der Waals surface area (Å²) in [5.41, 5.74) is 7.14. The van der Waals surface area contributed by atoms with Crippen molar-refractivity contribution in [2.24, 2.45) is 0 Å². The molecule has 0 aliphatic heterocycles. The Morgan fingerprint density at radius 3 is 2.62 bits per heavy atom. The van der Waals surface area contributed by atoms with Crippen molar-refractivity contribution in [3.63, 3.8) is 0 Å². The molecule has 6 nitrogen and oxygen atoms in total. The minimum Gasteiger partial charge on any atom is -0.368 e. The molecule has 6 heteroatoms.